The minimum Gasteiger partial charge on any atom is -0.481 e. The van der Waals surface area contributed by atoms with E-state index in [9.17, 15) is 14.7 Å². The van der Waals surface area contributed by atoms with Crippen molar-refractivity contribution in [3.8, 4) is 0 Å². The summed E-state index contributed by atoms with van der Waals surface area (Å²) in [5.74, 6) is -1.23. The molecule has 1 N–H and O–H groups in total. The van der Waals surface area contributed by atoms with Gasteiger partial charge in [-0.25, -0.2) is 0 Å². The quantitative estimate of drug-likeness (QED) is 0.834. The van der Waals surface area contributed by atoms with Crippen molar-refractivity contribution in [2.45, 2.75) is 39.5 Å². The Kier molecular flexibility index (Phi) is 6.53. The Labute approximate surface area is 172 Å². The number of piperidine rings is 1. The number of carboxylic acid groups (broad SMARTS) is 1. The Morgan fingerprint density at radius 1 is 1.00 bits per heavy atom. The lowest BCUT2D eigenvalue weighted by Crippen LogP contribution is -2.42. The molecule has 1 amide bonds. The fourth-order valence-corrected chi connectivity index (χ4v) is 4.36. The predicted molar refractivity (Wildman–Crippen MR) is 116 cm³/mol. The first-order valence-electron chi connectivity index (χ1n) is 10.0. The maximum atomic E-state index is 12.8. The molecule has 1 fully saturated rings. The number of carbonyl (C=O) groups excluding carboxylic acids is 1. The van der Waals surface area contributed by atoms with Gasteiger partial charge < -0.3 is 10.0 Å². The number of hydrogen-bond donors (Lipinski definition) is 1. The van der Waals surface area contributed by atoms with E-state index in [1.165, 1.54) is 22.3 Å². The maximum absolute atomic E-state index is 12.8. The summed E-state index contributed by atoms with van der Waals surface area (Å²) < 4.78 is 0. The van der Waals surface area contributed by atoms with E-state index < -0.39 is 11.9 Å². The summed E-state index contributed by atoms with van der Waals surface area (Å²) in [7, 11) is 0. The number of aryl methyl sites for hydroxylation is 2. The minimum absolute atomic E-state index is 0. The summed E-state index contributed by atoms with van der Waals surface area (Å²) >= 11 is 0. The molecule has 4 nitrogen and oxygen atoms in total. The molecular formula is C25H29NO3. The first-order chi connectivity index (χ1) is 13.6. The van der Waals surface area contributed by atoms with Crippen LogP contribution in [-0.2, 0) is 22.4 Å². The van der Waals surface area contributed by atoms with Crippen LogP contribution < -0.4 is 0 Å². The number of rotatable bonds is 3. The van der Waals surface area contributed by atoms with Crippen molar-refractivity contribution in [3.05, 3.63) is 76.9 Å². The first-order valence-corrected chi connectivity index (χ1v) is 10.0. The summed E-state index contributed by atoms with van der Waals surface area (Å²) in [6.45, 7) is 0.976. The van der Waals surface area contributed by atoms with E-state index in [0.29, 0.717) is 25.9 Å². The third-order valence-electron chi connectivity index (χ3n) is 5.88. The number of carbonyl (C=O) groups is 2. The van der Waals surface area contributed by atoms with Crippen LogP contribution in [0.4, 0.5) is 0 Å². The zero-order valence-corrected chi connectivity index (χ0v) is 15.9. The summed E-state index contributed by atoms with van der Waals surface area (Å²) in [4.78, 5) is 25.8. The molecule has 4 heteroatoms. The van der Waals surface area contributed by atoms with Gasteiger partial charge in [0.2, 0.25) is 5.91 Å². The third kappa shape index (κ3) is 4.42. The molecule has 0 spiro atoms. The van der Waals surface area contributed by atoms with Gasteiger partial charge in [-0.1, -0.05) is 62.0 Å². The number of fused-ring (bicyclic) bond motifs is 2. The van der Waals surface area contributed by atoms with E-state index in [1.807, 2.05) is 18.2 Å². The average molecular weight is 392 g/mol. The van der Waals surface area contributed by atoms with E-state index >= 15 is 0 Å². The molecule has 0 aromatic heterocycles. The topological polar surface area (TPSA) is 57.6 Å². The van der Waals surface area contributed by atoms with Crippen LogP contribution in [0.2, 0.25) is 0 Å². The van der Waals surface area contributed by atoms with Gasteiger partial charge in [-0.3, -0.25) is 9.59 Å². The normalized spacial score (nSPS) is 18.0. The zero-order chi connectivity index (χ0) is 19.5. The highest BCUT2D eigenvalue weighted by Crippen LogP contribution is 2.33. The molecule has 1 aliphatic heterocycles. The smallest absolute Gasteiger partial charge is 0.308 e. The molecule has 2 aromatic carbocycles. The molecule has 2 aromatic rings. The molecule has 1 saturated heterocycles. The van der Waals surface area contributed by atoms with E-state index in [-0.39, 0.29) is 13.3 Å². The lowest BCUT2D eigenvalue weighted by molar-refractivity contribution is -0.145. The summed E-state index contributed by atoms with van der Waals surface area (Å²) in [6, 6.07) is 16.8. The highest BCUT2D eigenvalue weighted by Gasteiger charge is 2.28. The number of nitrogens with zero attached hydrogens (tertiary/aromatic N) is 1. The highest BCUT2D eigenvalue weighted by molar-refractivity contribution is 5.87. The van der Waals surface area contributed by atoms with E-state index in [0.717, 1.165) is 24.8 Å². The molecular weight excluding hydrogens is 362 g/mol. The van der Waals surface area contributed by atoms with Crippen LogP contribution in [0.25, 0.3) is 5.57 Å². The molecule has 2 aliphatic rings. The number of amides is 1. The summed E-state index contributed by atoms with van der Waals surface area (Å²) in [6.07, 6.45) is 5.72. The molecule has 152 valence electrons. The van der Waals surface area contributed by atoms with Gasteiger partial charge in [-0.05, 0) is 53.5 Å². The van der Waals surface area contributed by atoms with Crippen LogP contribution in [0, 0.1) is 5.92 Å². The summed E-state index contributed by atoms with van der Waals surface area (Å²) in [5.41, 5.74) is 6.12. The molecule has 0 saturated carbocycles. The maximum Gasteiger partial charge on any atom is 0.308 e. The number of likely N-dealkylation sites (tertiary alicyclic amines) is 1. The van der Waals surface area contributed by atoms with Crippen molar-refractivity contribution in [1.82, 2.24) is 4.90 Å². The van der Waals surface area contributed by atoms with E-state index in [2.05, 4.69) is 36.4 Å². The van der Waals surface area contributed by atoms with Crippen molar-refractivity contribution in [3.63, 3.8) is 0 Å². The van der Waals surface area contributed by atoms with Crippen LogP contribution in [0.5, 0.6) is 0 Å². The molecule has 1 atom stereocenters. The largest absolute Gasteiger partial charge is 0.481 e. The SMILES string of the molecule is C.O=C(O)C1CCCN(C(=O)CC=C2c3ccccc3CCc3ccccc32)C1. The number of benzene rings is 2. The number of aliphatic carboxylic acids is 1. The molecule has 29 heavy (non-hydrogen) atoms. The van der Waals surface area contributed by atoms with Crippen LogP contribution >= 0.6 is 0 Å². The van der Waals surface area contributed by atoms with Crippen molar-refractivity contribution in [2.24, 2.45) is 5.92 Å². The van der Waals surface area contributed by atoms with Gasteiger partial charge >= 0.3 is 5.97 Å². The van der Waals surface area contributed by atoms with Crippen molar-refractivity contribution >= 4 is 17.4 Å². The Morgan fingerprint density at radius 2 is 1.59 bits per heavy atom. The predicted octanol–water partition coefficient (Wildman–Crippen LogP) is 4.57. The van der Waals surface area contributed by atoms with Gasteiger partial charge in [0, 0.05) is 19.5 Å². The second-order valence-corrected chi connectivity index (χ2v) is 7.65. The van der Waals surface area contributed by atoms with E-state index in [1.54, 1.807) is 4.90 Å². The van der Waals surface area contributed by atoms with E-state index in [4.69, 9.17) is 0 Å². The van der Waals surface area contributed by atoms with Gasteiger partial charge in [-0.15, -0.1) is 0 Å². The second-order valence-electron chi connectivity index (χ2n) is 7.65. The van der Waals surface area contributed by atoms with Gasteiger partial charge in [-0.2, -0.15) is 0 Å². The average Bonchev–Trinajstić information content (AvgIpc) is 2.89. The Balaban J connectivity index is 0.00000240. The monoisotopic (exact) mass is 391 g/mol. The van der Waals surface area contributed by atoms with Gasteiger partial charge in [0.1, 0.15) is 0 Å². The molecule has 1 aliphatic carbocycles. The third-order valence-corrected chi connectivity index (χ3v) is 5.88. The van der Waals surface area contributed by atoms with Crippen LogP contribution in [0.15, 0.2) is 54.6 Å². The molecule has 0 radical (unpaired) electrons. The first kappa shape index (κ1) is 20.8. The van der Waals surface area contributed by atoms with Gasteiger partial charge in [0.15, 0.2) is 0 Å². The molecule has 1 heterocycles. The highest BCUT2D eigenvalue weighted by atomic mass is 16.4. The lowest BCUT2D eigenvalue weighted by atomic mass is 9.93. The van der Waals surface area contributed by atoms with Gasteiger partial charge in [0.05, 0.1) is 5.92 Å². The number of hydrogen-bond acceptors (Lipinski definition) is 2. The second kappa shape index (κ2) is 9.08. The van der Waals surface area contributed by atoms with Crippen LogP contribution in [0.1, 0.15) is 48.9 Å². The minimum atomic E-state index is -0.803. The van der Waals surface area contributed by atoms with Crippen molar-refractivity contribution in [1.29, 1.82) is 0 Å². The van der Waals surface area contributed by atoms with Crippen molar-refractivity contribution in [2.75, 3.05) is 13.1 Å². The standard InChI is InChI=1S/C24H25NO3.CH4/c26-23(25-15-5-8-19(16-25)24(27)28)14-13-22-20-9-3-1-6-17(20)11-12-18-7-2-4-10-21(18)22;/h1-4,6-7,9-10,13,19H,5,8,11-12,14-16H2,(H,27,28);1H4. The van der Waals surface area contributed by atoms with Crippen LogP contribution in [-0.4, -0.2) is 35.0 Å². The lowest BCUT2D eigenvalue weighted by Gasteiger charge is -2.30. The van der Waals surface area contributed by atoms with Gasteiger partial charge in [0.25, 0.3) is 0 Å². The Morgan fingerprint density at radius 3 is 2.17 bits per heavy atom. The van der Waals surface area contributed by atoms with Crippen molar-refractivity contribution < 1.29 is 14.7 Å². The zero-order valence-electron chi connectivity index (χ0n) is 15.9. The number of carboxylic acids is 1. The molecule has 1 unspecified atom stereocenters. The molecule has 0 bridgehead atoms. The summed E-state index contributed by atoms with van der Waals surface area (Å²) in [5, 5.41) is 9.27. The Hall–Kier alpha value is -2.88. The fourth-order valence-electron chi connectivity index (χ4n) is 4.36. The van der Waals surface area contributed by atoms with Crippen LogP contribution in [0.3, 0.4) is 0 Å². The molecule has 4 rings (SSSR count). The Bertz CT molecular complexity index is 882. The fraction of sp³-hybridized carbons (Fsp3) is 0.360.